The number of aliphatic carboxylic acids is 1. The van der Waals surface area contributed by atoms with Crippen LogP contribution in [0.15, 0.2) is 44.4 Å². The second-order valence-corrected chi connectivity index (χ2v) is 12.0. The summed E-state index contributed by atoms with van der Waals surface area (Å²) >= 11 is 5.14. The van der Waals surface area contributed by atoms with Gasteiger partial charge in [-0.05, 0) is 26.0 Å². The summed E-state index contributed by atoms with van der Waals surface area (Å²) in [6, 6.07) is 3.60. The smallest absolute Gasteiger partial charge is 0.353 e. The molecule has 2 unspecified atom stereocenters. The first kappa shape index (κ1) is 22.1. The minimum Gasteiger partial charge on any atom is -0.477 e. The van der Waals surface area contributed by atoms with Gasteiger partial charge in [-0.3, -0.25) is 19.5 Å². The van der Waals surface area contributed by atoms with E-state index < -0.39 is 21.5 Å². The van der Waals surface area contributed by atoms with Crippen LogP contribution < -0.4 is 5.32 Å². The summed E-state index contributed by atoms with van der Waals surface area (Å²) in [6.45, 7) is 4.93. The van der Waals surface area contributed by atoms with Crippen LogP contribution in [0.25, 0.3) is 0 Å². The Morgan fingerprint density at radius 2 is 2.00 bits per heavy atom. The number of rotatable bonds is 6. The summed E-state index contributed by atoms with van der Waals surface area (Å²) in [5.74, 6) is -1.82. The third-order valence-electron chi connectivity index (χ3n) is 4.47. The number of pyridine rings is 1. The average Bonchev–Trinajstić information content (AvgIpc) is 3.12. The van der Waals surface area contributed by atoms with Crippen LogP contribution in [0.5, 0.6) is 0 Å². The molecule has 0 aromatic carbocycles. The van der Waals surface area contributed by atoms with Gasteiger partial charge in [0.25, 0.3) is 0 Å². The van der Waals surface area contributed by atoms with Crippen molar-refractivity contribution in [3.63, 3.8) is 0 Å². The number of nitrogens with zero attached hydrogens (tertiary/aromatic N) is 4. The van der Waals surface area contributed by atoms with E-state index in [0.717, 1.165) is 21.7 Å². The molecule has 0 spiro atoms. The molecule has 2 N–H and O–H groups in total. The van der Waals surface area contributed by atoms with E-state index in [2.05, 4.69) is 20.5 Å². The first-order valence-corrected chi connectivity index (χ1v) is 12.4. The van der Waals surface area contributed by atoms with Crippen LogP contribution in [0.4, 0.5) is 0 Å². The van der Waals surface area contributed by atoms with Gasteiger partial charge >= 0.3 is 5.97 Å². The first-order valence-electron chi connectivity index (χ1n) is 9.02. The number of carbonyl (C=O) groups excluding carboxylic acids is 2. The Morgan fingerprint density at radius 1 is 1.29 bits per heavy atom. The van der Waals surface area contributed by atoms with Crippen LogP contribution >= 0.6 is 46.6 Å². The average molecular weight is 496 g/mol. The van der Waals surface area contributed by atoms with Crippen molar-refractivity contribution in [1.29, 1.82) is 0 Å². The minimum absolute atomic E-state index is 0.130. The number of aromatic nitrogens is 3. The van der Waals surface area contributed by atoms with Crippen molar-refractivity contribution in [1.82, 2.24) is 25.4 Å². The molecule has 3 atom stereocenters. The molecule has 2 aromatic heterocycles. The summed E-state index contributed by atoms with van der Waals surface area (Å²) < 4.78 is 0.539. The lowest BCUT2D eigenvalue weighted by molar-refractivity contribution is -0.145. The number of carbonyl (C=O) groups is 3. The maximum atomic E-state index is 13.0. The van der Waals surface area contributed by atoms with Crippen LogP contribution in [0.3, 0.4) is 0 Å². The van der Waals surface area contributed by atoms with Gasteiger partial charge in [0.1, 0.15) is 26.2 Å². The number of hydrogen-bond acceptors (Lipinski definition) is 10. The molecule has 4 rings (SSSR count). The highest BCUT2D eigenvalue weighted by molar-refractivity contribution is 8.09. The molecule has 0 aliphatic carbocycles. The third kappa shape index (κ3) is 4.19. The summed E-state index contributed by atoms with van der Waals surface area (Å²) in [4.78, 5) is 42.8. The molecular formula is C18H17N5O4S4. The number of hydrogen-bond donors (Lipinski definition) is 2. The number of β-lactam (4-membered cyclic amide) rings is 1. The quantitative estimate of drug-likeness (QED) is 0.578. The SMILES string of the molecule is CC(=O)NC1(C)S[C@@H]2C(Sc3ccncc3)C(=O)N2C(C(=O)O)=C1Sc1nnc(C)s1. The van der Waals surface area contributed by atoms with E-state index in [4.69, 9.17) is 0 Å². The molecule has 13 heteroatoms. The molecule has 2 aromatic rings. The number of carboxylic acid groups (broad SMARTS) is 1. The fraction of sp³-hybridized carbons (Fsp3) is 0.333. The van der Waals surface area contributed by atoms with E-state index in [1.807, 2.05) is 0 Å². The van der Waals surface area contributed by atoms with E-state index in [1.54, 1.807) is 38.4 Å². The second-order valence-electron chi connectivity index (χ2n) is 6.82. The lowest BCUT2D eigenvalue weighted by atomic mass is 10.1. The van der Waals surface area contributed by atoms with Gasteiger partial charge in [-0.1, -0.05) is 23.1 Å². The minimum atomic E-state index is -1.23. The standard InChI is InChI=1S/C18H17N5O4S4/c1-8(24)20-18(3)13(30-17-22-21-9(2)28-17)11(16(26)27)23-14(25)12(15(23)31-18)29-10-4-6-19-7-5-10/h4-7,12,15H,1-3H3,(H,20,24)(H,26,27)/t12?,15-,18?/m1/s1. The maximum Gasteiger partial charge on any atom is 0.353 e. The normalized spacial score (nSPS) is 25.1. The number of aryl methyl sites for hydroxylation is 1. The highest BCUT2D eigenvalue weighted by Gasteiger charge is 2.59. The summed E-state index contributed by atoms with van der Waals surface area (Å²) in [5.41, 5.74) is -0.130. The molecule has 0 radical (unpaired) electrons. The predicted octanol–water partition coefficient (Wildman–Crippen LogP) is 2.56. The molecule has 4 heterocycles. The molecule has 162 valence electrons. The lowest BCUT2D eigenvalue weighted by Crippen LogP contribution is -2.67. The monoisotopic (exact) mass is 495 g/mol. The van der Waals surface area contributed by atoms with E-state index >= 15 is 0 Å². The van der Waals surface area contributed by atoms with Crippen molar-refractivity contribution < 1.29 is 19.5 Å². The Kier molecular flexibility index (Phi) is 6.03. The van der Waals surface area contributed by atoms with Crippen LogP contribution in [0, 0.1) is 6.92 Å². The van der Waals surface area contributed by atoms with E-state index in [-0.39, 0.29) is 17.5 Å². The second kappa shape index (κ2) is 8.45. The zero-order chi connectivity index (χ0) is 22.3. The zero-order valence-corrected chi connectivity index (χ0v) is 19.8. The van der Waals surface area contributed by atoms with Crippen LogP contribution in [0.1, 0.15) is 18.9 Å². The van der Waals surface area contributed by atoms with Gasteiger partial charge in [0.15, 0.2) is 4.34 Å². The highest BCUT2D eigenvalue weighted by Crippen LogP contribution is 2.56. The number of amides is 2. The van der Waals surface area contributed by atoms with Crippen molar-refractivity contribution in [3.05, 3.63) is 40.1 Å². The lowest BCUT2D eigenvalue weighted by Gasteiger charge is -2.53. The fourth-order valence-corrected chi connectivity index (χ4v) is 8.32. The molecule has 9 nitrogen and oxygen atoms in total. The summed E-state index contributed by atoms with van der Waals surface area (Å²) in [5, 5.41) is 20.8. The first-order chi connectivity index (χ1) is 14.7. The van der Waals surface area contributed by atoms with Crippen LogP contribution in [-0.2, 0) is 14.4 Å². The van der Waals surface area contributed by atoms with Crippen LogP contribution in [-0.4, -0.2) is 58.5 Å². The highest BCUT2D eigenvalue weighted by atomic mass is 32.2. The maximum absolute atomic E-state index is 13.0. The molecule has 0 saturated carbocycles. The topological polar surface area (TPSA) is 125 Å². The Labute approximate surface area is 194 Å². The molecule has 1 fully saturated rings. The van der Waals surface area contributed by atoms with Crippen molar-refractivity contribution in [3.8, 4) is 0 Å². The van der Waals surface area contributed by atoms with Gasteiger partial charge in [-0.25, -0.2) is 4.79 Å². The number of nitrogens with one attached hydrogen (secondary N) is 1. The molecule has 2 aliphatic rings. The summed E-state index contributed by atoms with van der Waals surface area (Å²) in [7, 11) is 0. The molecule has 0 bridgehead atoms. The molecular weight excluding hydrogens is 478 g/mol. The molecule has 2 aliphatic heterocycles. The largest absolute Gasteiger partial charge is 0.477 e. The van der Waals surface area contributed by atoms with Gasteiger partial charge in [0.2, 0.25) is 11.8 Å². The van der Waals surface area contributed by atoms with Gasteiger partial charge in [-0.2, -0.15) is 0 Å². The van der Waals surface area contributed by atoms with Crippen molar-refractivity contribution >= 4 is 64.4 Å². The predicted molar refractivity (Wildman–Crippen MR) is 119 cm³/mol. The van der Waals surface area contributed by atoms with E-state index in [0.29, 0.717) is 9.24 Å². The number of thioether (sulfide) groups is 3. The third-order valence-corrected chi connectivity index (χ3v) is 9.72. The Balaban J connectivity index is 1.75. The van der Waals surface area contributed by atoms with Crippen molar-refractivity contribution in [2.45, 2.75) is 45.5 Å². The molecule has 1 saturated heterocycles. The number of carboxylic acids is 1. The van der Waals surface area contributed by atoms with Gasteiger partial charge in [-0.15, -0.1) is 33.7 Å². The van der Waals surface area contributed by atoms with E-state index in [9.17, 15) is 19.5 Å². The van der Waals surface area contributed by atoms with Crippen molar-refractivity contribution in [2.75, 3.05) is 0 Å². The van der Waals surface area contributed by atoms with Gasteiger partial charge < -0.3 is 10.4 Å². The zero-order valence-electron chi connectivity index (χ0n) is 16.6. The van der Waals surface area contributed by atoms with E-state index in [1.165, 1.54) is 46.7 Å². The molecule has 2 amide bonds. The summed E-state index contributed by atoms with van der Waals surface area (Å²) in [6.07, 6.45) is 3.28. The van der Waals surface area contributed by atoms with Gasteiger partial charge in [0.05, 0.1) is 4.91 Å². The fourth-order valence-electron chi connectivity index (χ4n) is 3.27. The Morgan fingerprint density at radius 3 is 2.58 bits per heavy atom. The number of fused-ring (bicyclic) bond motifs is 1. The Hall–Kier alpha value is -2.09. The molecule has 31 heavy (non-hydrogen) atoms. The Bertz CT molecular complexity index is 1090. The van der Waals surface area contributed by atoms with Crippen molar-refractivity contribution in [2.24, 2.45) is 0 Å². The van der Waals surface area contributed by atoms with Gasteiger partial charge in [0, 0.05) is 24.2 Å². The van der Waals surface area contributed by atoms with Crippen LogP contribution in [0.2, 0.25) is 0 Å².